The Labute approximate surface area is 175 Å². The van der Waals surface area contributed by atoms with E-state index in [-0.39, 0.29) is 18.1 Å². The van der Waals surface area contributed by atoms with Crippen molar-refractivity contribution in [1.82, 2.24) is 15.0 Å². The minimum atomic E-state index is -0.172. The van der Waals surface area contributed by atoms with Crippen LogP contribution in [0.4, 0.5) is 5.82 Å². The monoisotopic (exact) mass is 421 g/mol. The highest BCUT2D eigenvalue weighted by atomic mass is 35.5. The lowest BCUT2D eigenvalue weighted by atomic mass is 9.75. The zero-order valence-corrected chi connectivity index (χ0v) is 18.4. The van der Waals surface area contributed by atoms with Crippen molar-refractivity contribution >= 4 is 29.2 Å². The maximum absolute atomic E-state index is 9.97. The number of piperidine rings is 1. The highest BCUT2D eigenvalue weighted by Crippen LogP contribution is 2.37. The van der Waals surface area contributed by atoms with Crippen LogP contribution in [0.2, 0.25) is 5.02 Å². The quantitative estimate of drug-likeness (QED) is 0.712. The van der Waals surface area contributed by atoms with Gasteiger partial charge in [0.15, 0.2) is 5.82 Å². The Morgan fingerprint density at radius 3 is 2.61 bits per heavy atom. The van der Waals surface area contributed by atoms with Gasteiger partial charge in [-0.25, -0.2) is 15.0 Å². The molecule has 152 valence electrons. The molecule has 28 heavy (non-hydrogen) atoms. The minimum Gasteiger partial charge on any atom is -0.390 e. The fourth-order valence-electron chi connectivity index (χ4n) is 3.59. The summed E-state index contributed by atoms with van der Waals surface area (Å²) < 4.78 is 0. The van der Waals surface area contributed by atoms with Crippen LogP contribution >= 0.6 is 23.4 Å². The molecule has 0 amide bonds. The van der Waals surface area contributed by atoms with Gasteiger partial charge in [0.1, 0.15) is 10.7 Å². The smallest absolute Gasteiger partial charge is 0.153 e. The molecule has 1 saturated heterocycles. The fraction of sp³-hybridized carbons (Fsp3) is 0.550. The average molecular weight is 422 g/mol. The van der Waals surface area contributed by atoms with E-state index in [1.807, 2.05) is 19.2 Å². The molecular weight excluding hydrogens is 394 g/mol. The molecule has 0 spiro atoms. The Morgan fingerprint density at radius 2 is 2.04 bits per heavy atom. The van der Waals surface area contributed by atoms with E-state index >= 15 is 0 Å². The number of hydrogen-bond acceptors (Lipinski definition) is 7. The van der Waals surface area contributed by atoms with E-state index in [1.165, 1.54) is 11.8 Å². The molecule has 6 nitrogen and oxygen atoms in total. The lowest BCUT2D eigenvalue weighted by molar-refractivity contribution is 0.204. The van der Waals surface area contributed by atoms with Gasteiger partial charge in [0.2, 0.25) is 0 Å². The zero-order chi connectivity index (χ0) is 20.5. The number of pyridine rings is 1. The molecule has 0 radical (unpaired) electrons. The molecule has 0 aliphatic carbocycles. The second kappa shape index (κ2) is 8.53. The van der Waals surface area contributed by atoms with Crippen molar-refractivity contribution in [3.63, 3.8) is 0 Å². The van der Waals surface area contributed by atoms with Gasteiger partial charge in [-0.2, -0.15) is 0 Å². The van der Waals surface area contributed by atoms with Crippen molar-refractivity contribution in [3.05, 3.63) is 28.7 Å². The molecule has 1 atom stereocenters. The van der Waals surface area contributed by atoms with Crippen LogP contribution in [-0.4, -0.2) is 45.4 Å². The van der Waals surface area contributed by atoms with Crippen LogP contribution in [0.15, 0.2) is 17.3 Å². The molecule has 2 aromatic heterocycles. The van der Waals surface area contributed by atoms with E-state index < -0.39 is 0 Å². The minimum absolute atomic E-state index is 0.136. The molecule has 0 bridgehead atoms. The van der Waals surface area contributed by atoms with E-state index in [2.05, 4.69) is 23.7 Å². The number of aliphatic hydroxyl groups is 1. The first-order valence-corrected chi connectivity index (χ1v) is 11.1. The second-order valence-corrected chi connectivity index (χ2v) is 8.87. The zero-order valence-electron chi connectivity index (χ0n) is 16.9. The third kappa shape index (κ3) is 3.99. The van der Waals surface area contributed by atoms with Gasteiger partial charge in [0.05, 0.1) is 23.0 Å². The molecule has 8 heteroatoms. The molecule has 1 aliphatic rings. The van der Waals surface area contributed by atoms with Gasteiger partial charge in [-0.15, -0.1) is 11.8 Å². The lowest BCUT2D eigenvalue weighted by Gasteiger charge is -2.42. The SMILES string of the molecule is CSc1nccc(-c2nc(CO)c(N3CCC(C)([C@H](C)N)CC3)nc2C)c1Cl. The van der Waals surface area contributed by atoms with Crippen LogP contribution in [0.1, 0.15) is 38.1 Å². The number of halogens is 1. The summed E-state index contributed by atoms with van der Waals surface area (Å²) in [5.41, 5.74) is 9.15. The van der Waals surface area contributed by atoms with E-state index in [0.717, 1.165) is 48.0 Å². The van der Waals surface area contributed by atoms with Gasteiger partial charge in [-0.1, -0.05) is 18.5 Å². The Kier molecular flexibility index (Phi) is 6.49. The third-order valence-corrected chi connectivity index (χ3v) is 7.07. The van der Waals surface area contributed by atoms with Crippen molar-refractivity contribution in [2.45, 2.75) is 51.3 Å². The number of aliphatic hydroxyl groups excluding tert-OH is 1. The normalized spacial score (nSPS) is 17.6. The van der Waals surface area contributed by atoms with Gasteiger partial charge in [-0.3, -0.25) is 0 Å². The van der Waals surface area contributed by atoms with Crippen molar-refractivity contribution < 1.29 is 5.11 Å². The molecule has 1 fully saturated rings. The highest BCUT2D eigenvalue weighted by Gasteiger charge is 2.34. The summed E-state index contributed by atoms with van der Waals surface area (Å²) in [6, 6.07) is 2.00. The van der Waals surface area contributed by atoms with Crippen LogP contribution in [0.5, 0.6) is 0 Å². The van der Waals surface area contributed by atoms with Crippen molar-refractivity contribution in [3.8, 4) is 11.3 Å². The number of rotatable bonds is 5. The Morgan fingerprint density at radius 1 is 1.36 bits per heavy atom. The number of nitrogens with zero attached hydrogens (tertiary/aromatic N) is 4. The summed E-state index contributed by atoms with van der Waals surface area (Å²) in [7, 11) is 0. The first-order chi connectivity index (χ1) is 13.3. The maximum atomic E-state index is 9.97. The van der Waals surface area contributed by atoms with Crippen molar-refractivity contribution in [1.29, 1.82) is 0 Å². The second-order valence-electron chi connectivity index (χ2n) is 7.70. The topological polar surface area (TPSA) is 88.2 Å². The van der Waals surface area contributed by atoms with Crippen LogP contribution in [0.3, 0.4) is 0 Å². The van der Waals surface area contributed by atoms with Gasteiger partial charge in [0, 0.05) is 30.9 Å². The molecule has 0 aromatic carbocycles. The molecule has 0 unspecified atom stereocenters. The van der Waals surface area contributed by atoms with Crippen molar-refractivity contribution in [2.75, 3.05) is 24.2 Å². The Hall–Kier alpha value is -1.41. The van der Waals surface area contributed by atoms with E-state index in [0.29, 0.717) is 16.4 Å². The average Bonchev–Trinajstić information content (AvgIpc) is 2.69. The number of thioether (sulfide) groups is 1. The molecule has 0 saturated carbocycles. The summed E-state index contributed by atoms with van der Waals surface area (Å²) in [4.78, 5) is 16.1. The molecule has 3 N–H and O–H groups in total. The summed E-state index contributed by atoms with van der Waals surface area (Å²) in [6.45, 7) is 7.79. The summed E-state index contributed by atoms with van der Waals surface area (Å²) in [5, 5.41) is 11.3. The summed E-state index contributed by atoms with van der Waals surface area (Å²) in [5.74, 6) is 0.755. The van der Waals surface area contributed by atoms with Crippen LogP contribution in [0.25, 0.3) is 11.3 Å². The molecule has 1 aliphatic heterocycles. The first kappa shape index (κ1) is 21.3. The molecular formula is C20H28ClN5OS. The lowest BCUT2D eigenvalue weighted by Crippen LogP contribution is -2.47. The number of aryl methyl sites for hydroxylation is 1. The van der Waals surface area contributed by atoms with Crippen LogP contribution < -0.4 is 10.6 Å². The number of nitrogens with two attached hydrogens (primary N) is 1. The summed E-state index contributed by atoms with van der Waals surface area (Å²) in [6.07, 6.45) is 5.64. The largest absolute Gasteiger partial charge is 0.390 e. The number of hydrogen-bond donors (Lipinski definition) is 2. The highest BCUT2D eigenvalue weighted by molar-refractivity contribution is 7.98. The number of aromatic nitrogens is 3. The van der Waals surface area contributed by atoms with Crippen molar-refractivity contribution in [2.24, 2.45) is 11.1 Å². The predicted octanol–water partition coefficient (Wildman–Crippen LogP) is 3.67. The Balaban J connectivity index is 1.96. The maximum Gasteiger partial charge on any atom is 0.153 e. The molecule has 3 rings (SSSR count). The van der Waals surface area contributed by atoms with E-state index in [4.69, 9.17) is 27.3 Å². The first-order valence-electron chi connectivity index (χ1n) is 9.48. The van der Waals surface area contributed by atoms with Gasteiger partial charge in [-0.05, 0) is 44.4 Å². The van der Waals surface area contributed by atoms with E-state index in [9.17, 15) is 5.11 Å². The van der Waals surface area contributed by atoms with Crippen LogP contribution in [0, 0.1) is 12.3 Å². The van der Waals surface area contributed by atoms with Crippen LogP contribution in [-0.2, 0) is 6.61 Å². The fourth-order valence-corrected chi connectivity index (χ4v) is 4.48. The number of anilines is 1. The Bertz CT molecular complexity index is 853. The van der Waals surface area contributed by atoms with E-state index in [1.54, 1.807) is 6.20 Å². The van der Waals surface area contributed by atoms with Gasteiger partial charge < -0.3 is 15.7 Å². The molecule has 2 aromatic rings. The van der Waals surface area contributed by atoms with Gasteiger partial charge >= 0.3 is 0 Å². The summed E-state index contributed by atoms with van der Waals surface area (Å²) >= 11 is 8.01. The standard InChI is InChI=1S/C20H28ClN5OS/c1-12-17(14-5-8-23-19(28-4)16(14)21)25-15(11-27)18(24-12)26-9-6-20(3,7-10-26)13(2)22/h5,8,13,27H,6-7,9-11,22H2,1-4H3/t13-/m0/s1. The predicted molar refractivity (Wildman–Crippen MR) is 116 cm³/mol. The third-order valence-electron chi connectivity index (χ3n) is 5.88. The molecule has 3 heterocycles. The van der Waals surface area contributed by atoms with Gasteiger partial charge in [0.25, 0.3) is 0 Å².